The molecule has 12 nitrogen and oxygen atoms in total. The molecule has 0 aliphatic rings. The summed E-state index contributed by atoms with van der Waals surface area (Å²) in [5.74, 6) is -0.991. The van der Waals surface area contributed by atoms with E-state index in [9.17, 15) is 9.59 Å². The molecule has 0 aromatic rings. The molecule has 0 atom stereocenters. The standard InChI is InChI=1S/C39H76O12/c1-3-42-25-27-46-33-35-48-31-29-44-21-17-13-9-5-7-11-15-19-23-50-38(40)37-39(41)51-24-20-16-12-8-6-10-14-18-22-45-30-32-49-36-34-47-28-26-43-4-2/h3-37H2,1-2H3. The van der Waals surface area contributed by atoms with Crippen LogP contribution in [-0.4, -0.2) is 131 Å². The van der Waals surface area contributed by atoms with Crippen LogP contribution in [0.25, 0.3) is 0 Å². The Bertz CT molecular complexity index is 641. The van der Waals surface area contributed by atoms with Crippen LogP contribution >= 0.6 is 0 Å². The van der Waals surface area contributed by atoms with Crippen molar-refractivity contribution in [2.45, 2.75) is 123 Å². The lowest BCUT2D eigenvalue weighted by molar-refractivity contribution is -0.154. The molecule has 0 aromatic carbocycles. The van der Waals surface area contributed by atoms with Gasteiger partial charge in [0.2, 0.25) is 0 Å². The number of carbonyl (C=O) groups is 2. The van der Waals surface area contributed by atoms with Gasteiger partial charge in [-0.3, -0.25) is 9.59 Å². The third kappa shape index (κ3) is 44.7. The molecule has 0 fully saturated rings. The van der Waals surface area contributed by atoms with E-state index >= 15 is 0 Å². The van der Waals surface area contributed by atoms with Crippen molar-refractivity contribution in [3.05, 3.63) is 0 Å². The zero-order chi connectivity index (χ0) is 37.0. The summed E-state index contributed by atoms with van der Waals surface area (Å²) < 4.78 is 53.8. The fraction of sp³-hybridized carbons (Fsp3) is 0.949. The molecule has 0 radical (unpaired) electrons. The summed E-state index contributed by atoms with van der Waals surface area (Å²) in [6.45, 7) is 14.9. The highest BCUT2D eigenvalue weighted by atomic mass is 16.6. The molecule has 0 aliphatic heterocycles. The molecule has 0 aromatic heterocycles. The second-order valence-electron chi connectivity index (χ2n) is 12.3. The van der Waals surface area contributed by atoms with Crippen molar-refractivity contribution < 1.29 is 57.0 Å². The Hall–Kier alpha value is -1.38. The minimum Gasteiger partial charge on any atom is -0.465 e. The van der Waals surface area contributed by atoms with Crippen molar-refractivity contribution in [1.82, 2.24) is 0 Å². The van der Waals surface area contributed by atoms with Gasteiger partial charge < -0.3 is 47.4 Å². The van der Waals surface area contributed by atoms with E-state index in [0.29, 0.717) is 106 Å². The summed E-state index contributed by atoms with van der Waals surface area (Å²) in [4.78, 5) is 23.8. The first-order valence-electron chi connectivity index (χ1n) is 20.1. The molecule has 0 aliphatic carbocycles. The van der Waals surface area contributed by atoms with E-state index in [1.807, 2.05) is 13.8 Å². The van der Waals surface area contributed by atoms with Crippen molar-refractivity contribution in [3.8, 4) is 0 Å². The zero-order valence-electron chi connectivity index (χ0n) is 32.6. The van der Waals surface area contributed by atoms with Gasteiger partial charge >= 0.3 is 11.9 Å². The summed E-state index contributed by atoms with van der Waals surface area (Å²) in [7, 11) is 0. The molecular formula is C39H76O12. The molecule has 0 amide bonds. The van der Waals surface area contributed by atoms with Gasteiger partial charge in [-0.05, 0) is 39.5 Å². The molecule has 0 spiro atoms. The summed E-state index contributed by atoms with van der Waals surface area (Å²) in [6, 6.07) is 0. The van der Waals surface area contributed by atoms with Crippen molar-refractivity contribution in [1.29, 1.82) is 0 Å². The molecule has 51 heavy (non-hydrogen) atoms. The Morgan fingerprint density at radius 3 is 0.765 bits per heavy atom. The lowest BCUT2D eigenvalue weighted by Crippen LogP contribution is -2.15. The van der Waals surface area contributed by atoms with Crippen molar-refractivity contribution >= 4 is 11.9 Å². The molecule has 0 unspecified atom stereocenters. The largest absolute Gasteiger partial charge is 0.465 e. The third-order valence-corrected chi connectivity index (χ3v) is 7.82. The van der Waals surface area contributed by atoms with Gasteiger partial charge in [-0.1, -0.05) is 77.0 Å². The van der Waals surface area contributed by atoms with E-state index < -0.39 is 11.9 Å². The average Bonchev–Trinajstić information content (AvgIpc) is 3.12. The van der Waals surface area contributed by atoms with Crippen molar-refractivity contribution in [3.63, 3.8) is 0 Å². The zero-order valence-corrected chi connectivity index (χ0v) is 32.6. The molecule has 0 rings (SSSR count). The number of rotatable bonds is 44. The molecule has 304 valence electrons. The number of ether oxygens (including phenoxy) is 10. The van der Waals surface area contributed by atoms with Crippen LogP contribution in [0.4, 0.5) is 0 Å². The molecule has 0 N–H and O–H groups in total. The summed E-state index contributed by atoms with van der Waals surface area (Å²) in [6.07, 6.45) is 17.3. The predicted molar refractivity (Wildman–Crippen MR) is 198 cm³/mol. The van der Waals surface area contributed by atoms with Crippen molar-refractivity contribution in [2.75, 3.05) is 119 Å². The highest BCUT2D eigenvalue weighted by molar-refractivity contribution is 5.91. The van der Waals surface area contributed by atoms with Crippen LogP contribution in [0, 0.1) is 0 Å². The van der Waals surface area contributed by atoms with Crippen LogP contribution < -0.4 is 0 Å². The van der Waals surface area contributed by atoms with Crippen LogP contribution in [0.15, 0.2) is 0 Å². The molecule has 0 heterocycles. The quantitative estimate of drug-likeness (QED) is 0.0368. The Morgan fingerprint density at radius 1 is 0.275 bits per heavy atom. The topological polar surface area (TPSA) is 126 Å². The van der Waals surface area contributed by atoms with Gasteiger partial charge in [-0.15, -0.1) is 0 Å². The van der Waals surface area contributed by atoms with Gasteiger partial charge in [0.1, 0.15) is 6.42 Å². The van der Waals surface area contributed by atoms with Gasteiger partial charge in [-0.2, -0.15) is 0 Å². The summed E-state index contributed by atoms with van der Waals surface area (Å²) in [5, 5.41) is 0. The summed E-state index contributed by atoms with van der Waals surface area (Å²) in [5.41, 5.74) is 0. The second-order valence-corrected chi connectivity index (χ2v) is 12.3. The van der Waals surface area contributed by atoms with Crippen LogP contribution in [0.3, 0.4) is 0 Å². The van der Waals surface area contributed by atoms with E-state index in [1.54, 1.807) is 0 Å². The van der Waals surface area contributed by atoms with E-state index in [0.717, 1.165) is 64.6 Å². The lowest BCUT2D eigenvalue weighted by atomic mass is 10.1. The number of hydrogen-bond acceptors (Lipinski definition) is 12. The van der Waals surface area contributed by atoms with Crippen molar-refractivity contribution in [2.24, 2.45) is 0 Å². The maximum absolute atomic E-state index is 11.9. The van der Waals surface area contributed by atoms with Gasteiger partial charge in [0.05, 0.1) is 92.5 Å². The van der Waals surface area contributed by atoms with Gasteiger partial charge in [0, 0.05) is 26.4 Å². The number of esters is 2. The Kier molecular flexibility index (Phi) is 43.6. The van der Waals surface area contributed by atoms with E-state index in [4.69, 9.17) is 47.4 Å². The Balaban J connectivity index is 3.24. The van der Waals surface area contributed by atoms with Gasteiger partial charge in [-0.25, -0.2) is 0 Å². The average molecular weight is 737 g/mol. The molecule has 0 bridgehead atoms. The first-order chi connectivity index (χ1) is 25.2. The first kappa shape index (κ1) is 49.6. The lowest BCUT2D eigenvalue weighted by Gasteiger charge is -2.07. The van der Waals surface area contributed by atoms with E-state index in [1.165, 1.54) is 51.4 Å². The second kappa shape index (κ2) is 44.8. The van der Waals surface area contributed by atoms with Crippen LogP contribution in [-0.2, 0) is 57.0 Å². The molecule has 0 saturated heterocycles. The SMILES string of the molecule is CCOCCOCCOCCOCCCCCCCCCCOC(=O)CC(=O)OCCCCCCCCCCOCCOCCOCCOCC. The van der Waals surface area contributed by atoms with Gasteiger partial charge in [0.25, 0.3) is 0 Å². The number of hydrogen-bond donors (Lipinski definition) is 0. The smallest absolute Gasteiger partial charge is 0.317 e. The third-order valence-electron chi connectivity index (χ3n) is 7.82. The predicted octanol–water partition coefficient (Wildman–Crippen LogP) is 6.88. The van der Waals surface area contributed by atoms with Gasteiger partial charge in [0.15, 0.2) is 0 Å². The van der Waals surface area contributed by atoms with Crippen LogP contribution in [0.2, 0.25) is 0 Å². The monoisotopic (exact) mass is 737 g/mol. The van der Waals surface area contributed by atoms with E-state index in [2.05, 4.69) is 0 Å². The molecule has 0 saturated carbocycles. The highest BCUT2D eigenvalue weighted by Gasteiger charge is 2.11. The van der Waals surface area contributed by atoms with Crippen LogP contribution in [0.1, 0.15) is 123 Å². The Labute approximate surface area is 310 Å². The highest BCUT2D eigenvalue weighted by Crippen LogP contribution is 2.10. The Morgan fingerprint density at radius 2 is 0.490 bits per heavy atom. The van der Waals surface area contributed by atoms with Crippen LogP contribution in [0.5, 0.6) is 0 Å². The minimum atomic E-state index is -0.496. The normalized spacial score (nSPS) is 11.3. The van der Waals surface area contributed by atoms with E-state index in [-0.39, 0.29) is 6.42 Å². The maximum atomic E-state index is 11.9. The summed E-state index contributed by atoms with van der Waals surface area (Å²) >= 11 is 0. The molecule has 12 heteroatoms. The number of carbonyl (C=O) groups excluding carboxylic acids is 2. The first-order valence-corrected chi connectivity index (χ1v) is 20.1. The fourth-order valence-corrected chi connectivity index (χ4v) is 4.93. The number of unbranched alkanes of at least 4 members (excludes halogenated alkanes) is 14. The fourth-order valence-electron chi connectivity index (χ4n) is 4.93. The minimum absolute atomic E-state index is 0.303. The molecular weight excluding hydrogens is 660 g/mol. The maximum Gasteiger partial charge on any atom is 0.317 e.